The molecule has 138 valence electrons. The number of methoxy groups -OCH3 is 1. The average molecular weight is 399 g/mol. The van der Waals surface area contributed by atoms with Crippen LogP contribution < -0.4 is 4.74 Å². The predicted octanol–water partition coefficient (Wildman–Crippen LogP) is 4.89. The maximum atomic E-state index is 13.3. The zero-order chi connectivity index (χ0) is 19.0. The van der Waals surface area contributed by atoms with Crippen LogP contribution in [0, 0.1) is 0 Å². The Kier molecular flexibility index (Phi) is 4.74. The summed E-state index contributed by atoms with van der Waals surface area (Å²) in [6.45, 7) is 0. The van der Waals surface area contributed by atoms with Crippen LogP contribution in [0.5, 0.6) is 5.75 Å². The van der Waals surface area contributed by atoms with Gasteiger partial charge in [-0.05, 0) is 74.2 Å². The van der Waals surface area contributed by atoms with E-state index in [1.54, 1.807) is 36.3 Å². The van der Waals surface area contributed by atoms with Gasteiger partial charge in [0.15, 0.2) is 0 Å². The van der Waals surface area contributed by atoms with Crippen LogP contribution in [0.1, 0.15) is 41.6 Å². The highest BCUT2D eigenvalue weighted by molar-refractivity contribution is 7.82. The minimum atomic E-state index is -0.566. The van der Waals surface area contributed by atoms with E-state index >= 15 is 0 Å². The number of ether oxygens (including phenoxy) is 1. The van der Waals surface area contributed by atoms with E-state index in [2.05, 4.69) is 0 Å². The fraction of sp³-hybridized carbons (Fsp3) is 0.286. The molecule has 0 N–H and O–H groups in total. The van der Waals surface area contributed by atoms with Crippen LogP contribution in [-0.4, -0.2) is 34.3 Å². The van der Waals surface area contributed by atoms with Crippen molar-refractivity contribution in [2.45, 2.75) is 31.3 Å². The second kappa shape index (κ2) is 7.06. The molecule has 4 rings (SSSR count). The molecule has 0 bridgehead atoms. The summed E-state index contributed by atoms with van der Waals surface area (Å²) in [5.41, 5.74) is 1.61. The third-order valence-electron chi connectivity index (χ3n) is 5.20. The zero-order valence-electron chi connectivity index (χ0n) is 14.9. The smallest absolute Gasteiger partial charge is 0.260 e. The van der Waals surface area contributed by atoms with Crippen molar-refractivity contribution in [1.29, 1.82) is 0 Å². The second-order valence-electron chi connectivity index (χ2n) is 6.83. The Morgan fingerprint density at radius 2 is 1.74 bits per heavy atom. The molecule has 27 heavy (non-hydrogen) atoms. The van der Waals surface area contributed by atoms with Crippen LogP contribution >= 0.6 is 23.8 Å². The van der Waals surface area contributed by atoms with E-state index in [1.807, 2.05) is 24.3 Å². The fourth-order valence-corrected chi connectivity index (χ4v) is 4.36. The summed E-state index contributed by atoms with van der Waals surface area (Å²) in [5, 5.41) is 0.598. The van der Waals surface area contributed by atoms with Crippen molar-refractivity contribution in [3.63, 3.8) is 0 Å². The van der Waals surface area contributed by atoms with Gasteiger partial charge >= 0.3 is 0 Å². The number of nitrogens with zero attached hydrogens (tertiary/aromatic N) is 2. The van der Waals surface area contributed by atoms with Gasteiger partial charge in [-0.25, -0.2) is 0 Å². The van der Waals surface area contributed by atoms with Gasteiger partial charge in [0.05, 0.1) is 7.11 Å². The van der Waals surface area contributed by atoms with Crippen molar-refractivity contribution in [2.75, 3.05) is 7.11 Å². The molecule has 1 aliphatic carbocycles. The number of hydrogen-bond acceptors (Lipinski definition) is 4. The number of carbonyl (C=O) groups excluding carboxylic acids is 1. The van der Waals surface area contributed by atoms with Gasteiger partial charge in [-0.3, -0.25) is 14.7 Å². The molecule has 0 saturated heterocycles. The summed E-state index contributed by atoms with van der Waals surface area (Å²) >= 11 is 11.7. The van der Waals surface area contributed by atoms with Crippen LogP contribution in [0.2, 0.25) is 5.02 Å². The van der Waals surface area contributed by atoms with Gasteiger partial charge in [-0.1, -0.05) is 23.8 Å². The largest absolute Gasteiger partial charge is 0.497 e. The second-order valence-corrected chi connectivity index (χ2v) is 7.65. The van der Waals surface area contributed by atoms with Gasteiger partial charge in [-0.2, -0.15) is 0 Å². The van der Waals surface area contributed by atoms with E-state index in [-0.39, 0.29) is 5.91 Å². The third-order valence-corrected chi connectivity index (χ3v) is 5.83. The third kappa shape index (κ3) is 3.15. The van der Waals surface area contributed by atoms with E-state index in [0.717, 1.165) is 37.0 Å². The van der Waals surface area contributed by atoms with E-state index < -0.39 is 5.66 Å². The highest BCUT2D eigenvalue weighted by Crippen LogP contribution is 2.42. The Bertz CT molecular complexity index is 916. The first-order valence-electron chi connectivity index (χ1n) is 8.93. The van der Waals surface area contributed by atoms with Crippen molar-refractivity contribution in [1.82, 2.24) is 4.90 Å². The summed E-state index contributed by atoms with van der Waals surface area (Å²) < 4.78 is 5.23. The maximum Gasteiger partial charge on any atom is 0.260 e. The number of amides is 1. The quantitative estimate of drug-likeness (QED) is 0.691. The number of thiocarbonyl (C=S) groups is 1. The molecule has 0 unspecified atom stereocenters. The molecule has 1 heterocycles. The predicted molar refractivity (Wildman–Crippen MR) is 111 cm³/mol. The lowest BCUT2D eigenvalue weighted by molar-refractivity contribution is 0.0724. The number of carbonyl (C=O) groups is 1. The highest BCUT2D eigenvalue weighted by Gasteiger charge is 2.50. The molecule has 1 fully saturated rings. The van der Waals surface area contributed by atoms with E-state index in [9.17, 15) is 4.79 Å². The van der Waals surface area contributed by atoms with E-state index in [0.29, 0.717) is 21.3 Å². The Morgan fingerprint density at radius 1 is 1.11 bits per heavy atom. The molecule has 0 atom stereocenters. The molecule has 0 aromatic heterocycles. The van der Waals surface area contributed by atoms with Crippen molar-refractivity contribution in [3.05, 3.63) is 64.7 Å². The Labute approximate surface area is 168 Å². The van der Waals surface area contributed by atoms with Gasteiger partial charge < -0.3 is 4.74 Å². The molecular weight excluding hydrogens is 380 g/mol. The lowest BCUT2D eigenvalue weighted by Crippen LogP contribution is -2.48. The van der Waals surface area contributed by atoms with Crippen molar-refractivity contribution < 1.29 is 9.53 Å². The van der Waals surface area contributed by atoms with Crippen LogP contribution in [0.4, 0.5) is 0 Å². The van der Waals surface area contributed by atoms with Crippen molar-refractivity contribution in [2.24, 2.45) is 4.99 Å². The number of benzene rings is 2. The first kappa shape index (κ1) is 18.1. The summed E-state index contributed by atoms with van der Waals surface area (Å²) in [5.74, 6) is 0.652. The Hall–Kier alpha value is -2.24. The van der Waals surface area contributed by atoms with Crippen LogP contribution in [0.15, 0.2) is 53.5 Å². The van der Waals surface area contributed by atoms with Crippen LogP contribution in [0.3, 0.4) is 0 Å². The van der Waals surface area contributed by atoms with Gasteiger partial charge in [0.2, 0.25) is 0 Å². The molecule has 1 saturated carbocycles. The summed E-state index contributed by atoms with van der Waals surface area (Å²) in [4.78, 5) is 20.5. The standard InChI is InChI=1S/C21H19ClN2O2S/c1-26-17-10-6-14(7-11-17)18-20(27)24(21(23-18)12-2-3-13-21)19(25)15-4-8-16(22)9-5-15/h4-11H,2-3,12-13H2,1H3. The summed E-state index contributed by atoms with van der Waals surface area (Å²) in [6, 6.07) is 14.5. The van der Waals surface area contributed by atoms with E-state index in [1.165, 1.54) is 0 Å². The first-order chi connectivity index (χ1) is 13.0. The van der Waals surface area contributed by atoms with Crippen molar-refractivity contribution in [3.8, 4) is 5.75 Å². The number of halogens is 1. The zero-order valence-corrected chi connectivity index (χ0v) is 16.5. The minimum absolute atomic E-state index is 0.120. The monoisotopic (exact) mass is 398 g/mol. The van der Waals surface area contributed by atoms with Gasteiger partial charge in [-0.15, -0.1) is 0 Å². The topological polar surface area (TPSA) is 41.9 Å². The Morgan fingerprint density at radius 3 is 2.33 bits per heavy atom. The van der Waals surface area contributed by atoms with Crippen LogP contribution in [-0.2, 0) is 0 Å². The normalized spacial score (nSPS) is 18.1. The maximum absolute atomic E-state index is 13.3. The lowest BCUT2D eigenvalue weighted by atomic mass is 10.1. The summed E-state index contributed by atoms with van der Waals surface area (Å²) in [6.07, 6.45) is 3.72. The minimum Gasteiger partial charge on any atom is -0.497 e. The molecule has 6 heteroatoms. The molecule has 1 amide bonds. The SMILES string of the molecule is COc1ccc(C2=NC3(CCCC3)N(C(=O)c3ccc(Cl)cc3)C2=S)cc1. The fourth-order valence-electron chi connectivity index (χ4n) is 3.82. The van der Waals surface area contributed by atoms with Crippen molar-refractivity contribution >= 4 is 40.4 Å². The molecule has 1 spiro atoms. The van der Waals surface area contributed by atoms with E-state index in [4.69, 9.17) is 33.5 Å². The molecule has 2 aromatic rings. The number of hydrogen-bond donors (Lipinski definition) is 0. The summed E-state index contributed by atoms with van der Waals surface area (Å²) in [7, 11) is 1.63. The molecule has 4 nitrogen and oxygen atoms in total. The van der Waals surface area contributed by atoms with Crippen LogP contribution in [0.25, 0.3) is 0 Å². The van der Waals surface area contributed by atoms with Gasteiger partial charge in [0.25, 0.3) is 5.91 Å². The van der Waals surface area contributed by atoms with Gasteiger partial charge in [0, 0.05) is 16.1 Å². The molecule has 2 aromatic carbocycles. The molecule has 1 aliphatic heterocycles. The Balaban J connectivity index is 1.73. The number of rotatable bonds is 3. The molecule has 0 radical (unpaired) electrons. The van der Waals surface area contributed by atoms with Gasteiger partial charge in [0.1, 0.15) is 22.1 Å². The number of aliphatic imine (C=N–C) groups is 1. The highest BCUT2D eigenvalue weighted by atomic mass is 35.5. The molecule has 2 aliphatic rings. The molecular formula is C21H19ClN2O2S. The lowest BCUT2D eigenvalue weighted by Gasteiger charge is -2.32. The average Bonchev–Trinajstić information content (AvgIpc) is 3.27. The first-order valence-corrected chi connectivity index (χ1v) is 9.71.